The molecule has 0 aliphatic carbocycles. The summed E-state index contributed by atoms with van der Waals surface area (Å²) in [4.78, 5) is 40.9. The third kappa shape index (κ3) is 10.3. The Morgan fingerprint density at radius 3 is 2.19 bits per heavy atom. The minimum absolute atomic E-state index is 0.0190. The van der Waals surface area contributed by atoms with Crippen molar-refractivity contribution in [2.45, 2.75) is 56.9 Å². The van der Waals surface area contributed by atoms with E-state index in [0.29, 0.717) is 12.0 Å². The second-order valence-corrected chi connectivity index (χ2v) is 11.0. The number of amides is 3. The minimum atomic E-state index is -4.62. The molecule has 42 heavy (non-hydrogen) atoms. The Labute approximate surface area is 244 Å². The average molecular weight is 583 g/mol. The molecule has 0 spiro atoms. The summed E-state index contributed by atoms with van der Waals surface area (Å²) < 4.78 is 38.7. The van der Waals surface area contributed by atoms with E-state index in [1.54, 1.807) is 36.4 Å². The van der Waals surface area contributed by atoms with Gasteiger partial charge in [-0.1, -0.05) is 78.9 Å². The summed E-state index contributed by atoms with van der Waals surface area (Å²) >= 11 is 0. The molecule has 0 fully saturated rings. The number of nitrogens with zero attached hydrogens (tertiary/aromatic N) is 1. The molecule has 0 unspecified atom stereocenters. The highest BCUT2D eigenvalue weighted by Gasteiger charge is 2.35. The first-order valence-corrected chi connectivity index (χ1v) is 13.6. The Bertz CT molecular complexity index is 1400. The van der Waals surface area contributed by atoms with Gasteiger partial charge in [-0.2, -0.15) is 13.2 Å². The van der Waals surface area contributed by atoms with Crippen LogP contribution in [0.5, 0.6) is 0 Å². The van der Waals surface area contributed by atoms with Crippen LogP contribution in [0.2, 0.25) is 0 Å². The lowest BCUT2D eigenvalue weighted by Gasteiger charge is -2.31. The normalized spacial score (nSPS) is 13.5. The van der Waals surface area contributed by atoms with Crippen LogP contribution >= 0.6 is 0 Å². The van der Waals surface area contributed by atoms with Crippen LogP contribution in [0.3, 0.4) is 0 Å². The van der Waals surface area contributed by atoms with Crippen LogP contribution < -0.4 is 16.4 Å². The van der Waals surface area contributed by atoms with Gasteiger partial charge in [0, 0.05) is 25.4 Å². The minimum Gasteiger partial charge on any atom is -0.345 e. The van der Waals surface area contributed by atoms with Gasteiger partial charge in [0.25, 0.3) is 0 Å². The van der Waals surface area contributed by atoms with Crippen molar-refractivity contribution in [3.63, 3.8) is 0 Å². The lowest BCUT2D eigenvalue weighted by molar-refractivity contribution is -0.146. The fourth-order valence-corrected chi connectivity index (χ4v) is 4.44. The van der Waals surface area contributed by atoms with Crippen molar-refractivity contribution in [1.29, 1.82) is 0 Å². The standard InChI is InChI=1S/C32H37F3N4O3/c1-31(2,36)17-9-14-28(40)38-26(19-23-15-16-24-12-7-8-13-25(24)18-23)30(42)39(3)27(20-22-10-5-4-6-11-22)29(41)37-21-32(33,34)35/h4-16,18,26-27H,17,19-21,36H2,1-3H3,(H,37,41)(H,38,40)/t26-,27-/m1/s1. The summed E-state index contributed by atoms with van der Waals surface area (Å²) in [6, 6.07) is 19.7. The summed E-state index contributed by atoms with van der Waals surface area (Å²) in [5.41, 5.74) is 6.86. The molecule has 7 nitrogen and oxygen atoms in total. The summed E-state index contributed by atoms with van der Waals surface area (Å²) in [5.74, 6) is -2.10. The predicted molar refractivity (Wildman–Crippen MR) is 157 cm³/mol. The molecule has 3 aromatic rings. The highest BCUT2D eigenvalue weighted by molar-refractivity contribution is 5.95. The molecule has 10 heteroatoms. The monoisotopic (exact) mass is 582 g/mol. The molecule has 3 amide bonds. The molecule has 2 atom stereocenters. The fraction of sp³-hybridized carbons (Fsp3) is 0.344. The molecule has 0 aliphatic heterocycles. The van der Waals surface area contributed by atoms with Crippen molar-refractivity contribution in [3.8, 4) is 0 Å². The van der Waals surface area contributed by atoms with Gasteiger partial charge in [0.05, 0.1) is 0 Å². The third-order valence-electron chi connectivity index (χ3n) is 6.63. The number of hydrogen-bond donors (Lipinski definition) is 3. The second-order valence-electron chi connectivity index (χ2n) is 11.0. The number of likely N-dealkylation sites (N-methyl/N-ethyl adjacent to an activating group) is 1. The predicted octanol–water partition coefficient (Wildman–Crippen LogP) is 4.30. The fourth-order valence-electron chi connectivity index (χ4n) is 4.44. The molecular weight excluding hydrogens is 545 g/mol. The molecule has 0 bridgehead atoms. The van der Waals surface area contributed by atoms with E-state index in [-0.39, 0.29) is 12.8 Å². The van der Waals surface area contributed by atoms with Crippen molar-refractivity contribution in [2.75, 3.05) is 13.6 Å². The van der Waals surface area contributed by atoms with Crippen molar-refractivity contribution < 1.29 is 27.6 Å². The molecule has 0 aromatic heterocycles. The van der Waals surface area contributed by atoms with E-state index < -0.39 is 48.1 Å². The smallest absolute Gasteiger partial charge is 0.345 e. The van der Waals surface area contributed by atoms with Gasteiger partial charge < -0.3 is 21.3 Å². The molecule has 3 rings (SSSR count). The van der Waals surface area contributed by atoms with Gasteiger partial charge in [-0.05, 0) is 48.2 Å². The number of fused-ring (bicyclic) bond motifs is 1. The van der Waals surface area contributed by atoms with Crippen LogP contribution in [0.25, 0.3) is 10.8 Å². The van der Waals surface area contributed by atoms with Crippen molar-refractivity contribution in [1.82, 2.24) is 15.5 Å². The second kappa shape index (κ2) is 14.1. The Morgan fingerprint density at radius 1 is 0.905 bits per heavy atom. The van der Waals surface area contributed by atoms with Crippen LogP contribution in [0, 0.1) is 0 Å². The maximum absolute atomic E-state index is 13.9. The Kier molecular flexibility index (Phi) is 10.9. The molecule has 4 N–H and O–H groups in total. The van der Waals surface area contributed by atoms with E-state index in [9.17, 15) is 27.6 Å². The van der Waals surface area contributed by atoms with E-state index in [4.69, 9.17) is 5.73 Å². The van der Waals surface area contributed by atoms with Gasteiger partial charge in [-0.15, -0.1) is 0 Å². The zero-order chi connectivity index (χ0) is 30.9. The molecular formula is C32H37F3N4O3. The number of nitrogens with two attached hydrogens (primary N) is 1. The highest BCUT2D eigenvalue weighted by Crippen LogP contribution is 2.19. The van der Waals surface area contributed by atoms with E-state index in [1.807, 2.05) is 61.6 Å². The number of benzene rings is 3. The van der Waals surface area contributed by atoms with Crippen molar-refractivity contribution in [2.24, 2.45) is 5.73 Å². The van der Waals surface area contributed by atoms with Crippen LogP contribution in [0.15, 0.2) is 84.9 Å². The van der Waals surface area contributed by atoms with Gasteiger partial charge in [-0.3, -0.25) is 14.4 Å². The first kappa shape index (κ1) is 32.3. The Hall–Kier alpha value is -4.18. The topological polar surface area (TPSA) is 105 Å². The molecule has 224 valence electrons. The molecule has 0 heterocycles. The summed E-state index contributed by atoms with van der Waals surface area (Å²) in [6.45, 7) is 2.10. The van der Waals surface area contributed by atoms with Gasteiger partial charge in [0.15, 0.2) is 0 Å². The van der Waals surface area contributed by atoms with E-state index >= 15 is 0 Å². The van der Waals surface area contributed by atoms with Crippen molar-refractivity contribution >= 4 is 28.5 Å². The molecule has 0 saturated carbocycles. The summed E-state index contributed by atoms with van der Waals surface area (Å²) in [6.07, 6.45) is -1.21. The number of carbonyl (C=O) groups excluding carboxylic acids is 3. The molecule has 0 radical (unpaired) electrons. The number of rotatable bonds is 12. The highest BCUT2D eigenvalue weighted by atomic mass is 19.4. The Morgan fingerprint density at radius 2 is 1.55 bits per heavy atom. The van der Waals surface area contributed by atoms with Crippen LogP contribution in [0.1, 0.15) is 31.4 Å². The van der Waals surface area contributed by atoms with E-state index in [2.05, 4.69) is 5.32 Å². The Balaban J connectivity index is 1.90. The van der Waals surface area contributed by atoms with Gasteiger partial charge in [0.2, 0.25) is 17.7 Å². The zero-order valence-electron chi connectivity index (χ0n) is 23.9. The number of hydrogen-bond acceptors (Lipinski definition) is 4. The van der Waals surface area contributed by atoms with E-state index in [0.717, 1.165) is 21.2 Å². The zero-order valence-corrected chi connectivity index (χ0v) is 23.9. The summed E-state index contributed by atoms with van der Waals surface area (Å²) in [7, 11) is 1.36. The van der Waals surface area contributed by atoms with Crippen molar-refractivity contribution in [3.05, 3.63) is 96.1 Å². The third-order valence-corrected chi connectivity index (χ3v) is 6.63. The number of halogens is 3. The maximum Gasteiger partial charge on any atom is 0.405 e. The SMILES string of the molecule is CN(C(=O)[C@@H](Cc1ccc2ccccc2c1)NC(=O)C=CCC(C)(C)N)[C@H](Cc1ccccc1)C(=O)NCC(F)(F)F. The van der Waals surface area contributed by atoms with Gasteiger partial charge in [0.1, 0.15) is 18.6 Å². The molecule has 0 aliphatic rings. The average Bonchev–Trinajstić information content (AvgIpc) is 2.93. The lowest BCUT2D eigenvalue weighted by Crippen LogP contribution is -2.56. The quantitative estimate of drug-likeness (QED) is 0.277. The molecule has 3 aromatic carbocycles. The van der Waals surface area contributed by atoms with Crippen LogP contribution in [-0.2, 0) is 27.2 Å². The maximum atomic E-state index is 13.9. The number of carbonyl (C=O) groups is 3. The molecule has 0 saturated heterocycles. The number of alkyl halides is 3. The largest absolute Gasteiger partial charge is 0.405 e. The first-order valence-electron chi connectivity index (χ1n) is 13.6. The lowest BCUT2D eigenvalue weighted by atomic mass is 9.99. The summed E-state index contributed by atoms with van der Waals surface area (Å²) in [5, 5.41) is 6.57. The van der Waals surface area contributed by atoms with Gasteiger partial charge in [-0.25, -0.2) is 0 Å². The first-order chi connectivity index (χ1) is 19.7. The number of nitrogens with one attached hydrogen (secondary N) is 2. The van der Waals surface area contributed by atoms with E-state index in [1.165, 1.54) is 13.1 Å². The van der Waals surface area contributed by atoms with Crippen LogP contribution in [-0.4, -0.2) is 60.0 Å². The van der Waals surface area contributed by atoms with Crippen LogP contribution in [0.4, 0.5) is 13.2 Å². The van der Waals surface area contributed by atoms with Gasteiger partial charge >= 0.3 is 6.18 Å².